The van der Waals surface area contributed by atoms with Crippen LogP contribution in [0.4, 0.5) is 0 Å². The maximum Gasteiger partial charge on any atom is 0.0131 e. The minimum atomic E-state index is 0.505. The van der Waals surface area contributed by atoms with E-state index in [1.54, 1.807) is 0 Å². The lowest BCUT2D eigenvalue weighted by Crippen LogP contribution is -2.39. The van der Waals surface area contributed by atoms with E-state index in [1.165, 1.54) is 44.9 Å². The molecule has 0 bridgehead atoms. The van der Waals surface area contributed by atoms with E-state index in [0.717, 1.165) is 19.0 Å². The van der Waals surface area contributed by atoms with E-state index in [2.05, 4.69) is 34.6 Å². The van der Waals surface area contributed by atoms with Crippen LogP contribution in [0.2, 0.25) is 0 Å². The molecule has 0 aromatic rings. The summed E-state index contributed by atoms with van der Waals surface area (Å²) in [4.78, 5) is 0. The molecule has 1 heterocycles. The van der Waals surface area contributed by atoms with Crippen LogP contribution in [0.15, 0.2) is 0 Å². The van der Waals surface area contributed by atoms with Gasteiger partial charge in [0, 0.05) is 13.1 Å². The van der Waals surface area contributed by atoms with Gasteiger partial charge in [0.25, 0.3) is 0 Å². The van der Waals surface area contributed by atoms with Gasteiger partial charge >= 0.3 is 0 Å². The predicted molar refractivity (Wildman–Crippen MR) is 84.8 cm³/mol. The average molecular weight is 268 g/mol. The Morgan fingerprint density at radius 3 is 2.05 bits per heavy atom. The summed E-state index contributed by atoms with van der Waals surface area (Å²) in [5, 5.41) is 1.98. The van der Waals surface area contributed by atoms with E-state index in [4.69, 9.17) is 5.84 Å². The molecule has 2 heteroatoms. The Kier molecular flexibility index (Phi) is 6.32. The van der Waals surface area contributed by atoms with Gasteiger partial charge in [0.15, 0.2) is 0 Å². The molecule has 0 saturated carbocycles. The second-order valence-electron chi connectivity index (χ2n) is 8.22. The first-order chi connectivity index (χ1) is 8.74. The number of nitrogens with zero attached hydrogens (tertiary/aromatic N) is 1. The maximum absolute atomic E-state index is 5.84. The van der Waals surface area contributed by atoms with Crippen molar-refractivity contribution in [2.24, 2.45) is 22.6 Å². The van der Waals surface area contributed by atoms with Gasteiger partial charge in [-0.25, -0.2) is 5.01 Å². The Balaban J connectivity index is 2.27. The zero-order chi connectivity index (χ0) is 14.5. The summed E-state index contributed by atoms with van der Waals surface area (Å²) >= 11 is 0. The van der Waals surface area contributed by atoms with E-state index < -0.39 is 0 Å². The van der Waals surface area contributed by atoms with Crippen molar-refractivity contribution in [3.63, 3.8) is 0 Å². The summed E-state index contributed by atoms with van der Waals surface area (Å²) in [6, 6.07) is 0. The monoisotopic (exact) mass is 268 g/mol. The highest BCUT2D eigenvalue weighted by Gasteiger charge is 2.26. The molecule has 1 rings (SSSR count). The van der Waals surface area contributed by atoms with Crippen LogP contribution < -0.4 is 5.84 Å². The predicted octanol–water partition coefficient (Wildman–Crippen LogP) is 4.59. The first kappa shape index (κ1) is 17.0. The van der Waals surface area contributed by atoms with Gasteiger partial charge in [0.1, 0.15) is 0 Å². The molecule has 19 heavy (non-hydrogen) atoms. The standard InChI is InChI=1S/C17H36N2/c1-6-16(2,3)10-7-11-17(4,5)14-15-8-12-19(18)13-9-15/h15H,6-14,18H2,1-5H3. The SMILES string of the molecule is CCC(C)(C)CCCC(C)(C)CC1CCN(N)CC1. The second-order valence-corrected chi connectivity index (χ2v) is 8.22. The van der Waals surface area contributed by atoms with Gasteiger partial charge in [0.05, 0.1) is 0 Å². The van der Waals surface area contributed by atoms with E-state index >= 15 is 0 Å². The Bertz CT molecular complexity index is 250. The van der Waals surface area contributed by atoms with Crippen LogP contribution in [0.1, 0.15) is 79.6 Å². The molecule has 0 amide bonds. The van der Waals surface area contributed by atoms with Gasteiger partial charge in [-0.1, -0.05) is 47.5 Å². The minimum absolute atomic E-state index is 0.505. The highest BCUT2D eigenvalue weighted by atomic mass is 15.4. The Morgan fingerprint density at radius 1 is 1.00 bits per heavy atom. The van der Waals surface area contributed by atoms with Crippen molar-refractivity contribution in [3.05, 3.63) is 0 Å². The smallest absolute Gasteiger partial charge is 0.0131 e. The molecule has 0 spiro atoms. The topological polar surface area (TPSA) is 29.3 Å². The van der Waals surface area contributed by atoms with Crippen molar-refractivity contribution in [2.45, 2.75) is 79.6 Å². The number of hydrogen-bond donors (Lipinski definition) is 1. The lowest BCUT2D eigenvalue weighted by Gasteiger charge is -2.35. The molecule has 0 aromatic heterocycles. The van der Waals surface area contributed by atoms with Crippen molar-refractivity contribution in [3.8, 4) is 0 Å². The number of nitrogens with two attached hydrogens (primary N) is 1. The molecule has 2 N–H and O–H groups in total. The van der Waals surface area contributed by atoms with Crippen LogP contribution in [0.25, 0.3) is 0 Å². The van der Waals surface area contributed by atoms with E-state index in [0.29, 0.717) is 10.8 Å². The van der Waals surface area contributed by atoms with E-state index in [9.17, 15) is 0 Å². The van der Waals surface area contributed by atoms with Gasteiger partial charge in [0.2, 0.25) is 0 Å². The Morgan fingerprint density at radius 2 is 1.53 bits per heavy atom. The van der Waals surface area contributed by atoms with Crippen LogP contribution in [0.5, 0.6) is 0 Å². The van der Waals surface area contributed by atoms with Crippen LogP contribution in [-0.2, 0) is 0 Å². The van der Waals surface area contributed by atoms with Crippen LogP contribution in [-0.4, -0.2) is 18.1 Å². The summed E-state index contributed by atoms with van der Waals surface area (Å²) in [5.74, 6) is 6.73. The van der Waals surface area contributed by atoms with Crippen LogP contribution >= 0.6 is 0 Å². The Hall–Kier alpha value is -0.0800. The minimum Gasteiger partial charge on any atom is -0.269 e. The van der Waals surface area contributed by atoms with Gasteiger partial charge in [-0.2, -0.15) is 0 Å². The van der Waals surface area contributed by atoms with Crippen molar-refractivity contribution in [2.75, 3.05) is 13.1 Å². The molecule has 0 aliphatic carbocycles. The van der Waals surface area contributed by atoms with Gasteiger partial charge in [-0.05, 0) is 48.9 Å². The first-order valence-corrected chi connectivity index (χ1v) is 8.24. The molecule has 0 aromatic carbocycles. The molecule has 1 aliphatic heterocycles. The fourth-order valence-corrected chi connectivity index (χ4v) is 3.26. The molecule has 1 saturated heterocycles. The van der Waals surface area contributed by atoms with Crippen molar-refractivity contribution in [1.29, 1.82) is 0 Å². The molecule has 0 radical (unpaired) electrons. The zero-order valence-corrected chi connectivity index (χ0v) is 14.0. The van der Waals surface area contributed by atoms with E-state index in [1.807, 2.05) is 5.01 Å². The fourth-order valence-electron chi connectivity index (χ4n) is 3.26. The average Bonchev–Trinajstić information content (AvgIpc) is 2.31. The molecule has 0 atom stereocenters. The van der Waals surface area contributed by atoms with Gasteiger partial charge in [-0.15, -0.1) is 0 Å². The molecular formula is C17H36N2. The van der Waals surface area contributed by atoms with Crippen LogP contribution in [0, 0.1) is 16.7 Å². The number of rotatable bonds is 7. The number of hydrogen-bond acceptors (Lipinski definition) is 2. The second kappa shape index (κ2) is 7.08. The third-order valence-electron chi connectivity index (χ3n) is 5.15. The van der Waals surface area contributed by atoms with Crippen molar-refractivity contribution < 1.29 is 0 Å². The van der Waals surface area contributed by atoms with Crippen LogP contribution in [0.3, 0.4) is 0 Å². The van der Waals surface area contributed by atoms with E-state index in [-0.39, 0.29) is 0 Å². The summed E-state index contributed by atoms with van der Waals surface area (Å²) in [6.07, 6.45) is 9.38. The highest BCUT2D eigenvalue weighted by Crippen LogP contribution is 2.37. The van der Waals surface area contributed by atoms with Crippen molar-refractivity contribution >= 4 is 0 Å². The zero-order valence-electron chi connectivity index (χ0n) is 14.0. The van der Waals surface area contributed by atoms with Gasteiger partial charge < -0.3 is 0 Å². The molecule has 114 valence electrons. The normalized spacial score (nSPS) is 19.9. The number of piperidine rings is 1. The maximum atomic E-state index is 5.84. The van der Waals surface area contributed by atoms with Gasteiger partial charge in [-0.3, -0.25) is 5.84 Å². The summed E-state index contributed by atoms with van der Waals surface area (Å²) in [7, 11) is 0. The molecular weight excluding hydrogens is 232 g/mol. The molecule has 0 unspecified atom stereocenters. The summed E-state index contributed by atoms with van der Waals surface area (Å²) in [5.41, 5.74) is 1.03. The Labute approximate surface area is 121 Å². The summed E-state index contributed by atoms with van der Waals surface area (Å²) < 4.78 is 0. The fraction of sp³-hybridized carbons (Fsp3) is 1.00. The number of hydrazine groups is 1. The molecule has 1 fully saturated rings. The highest BCUT2D eigenvalue weighted by molar-refractivity contribution is 4.78. The molecule has 1 aliphatic rings. The summed E-state index contributed by atoms with van der Waals surface area (Å²) in [6.45, 7) is 14.2. The lowest BCUT2D eigenvalue weighted by atomic mass is 9.74. The lowest BCUT2D eigenvalue weighted by molar-refractivity contribution is 0.139. The van der Waals surface area contributed by atoms with Crippen molar-refractivity contribution in [1.82, 2.24) is 5.01 Å². The third kappa shape index (κ3) is 6.76. The third-order valence-corrected chi connectivity index (χ3v) is 5.15. The largest absolute Gasteiger partial charge is 0.269 e. The first-order valence-electron chi connectivity index (χ1n) is 8.24. The molecule has 2 nitrogen and oxygen atoms in total. The quantitative estimate of drug-likeness (QED) is 0.684.